The van der Waals surface area contributed by atoms with E-state index in [4.69, 9.17) is 0 Å². The monoisotopic (exact) mass is 266 g/mol. The van der Waals surface area contributed by atoms with Gasteiger partial charge in [-0.1, -0.05) is 6.07 Å². The molecule has 5 heteroatoms. The molecule has 1 amide bonds. The first-order chi connectivity index (χ1) is 8.97. The number of β-amino-alcohol motifs (C(OH)–C–C–N with tert-alkyl or cyclic N) is 1. The number of hydrogen-bond acceptors (Lipinski definition) is 3. The molecule has 1 unspecified atom stereocenters. The Hall–Kier alpha value is -1.46. The van der Waals surface area contributed by atoms with E-state index in [1.54, 1.807) is 26.0 Å². The molecule has 0 aromatic heterocycles. The Bertz CT molecular complexity index is 479. The van der Waals surface area contributed by atoms with Crippen LogP contribution in [-0.4, -0.2) is 41.1 Å². The summed E-state index contributed by atoms with van der Waals surface area (Å²) < 4.78 is 13.4. The zero-order chi connectivity index (χ0) is 14.0. The zero-order valence-electron chi connectivity index (χ0n) is 11.2. The van der Waals surface area contributed by atoms with Crippen LogP contribution in [0.1, 0.15) is 18.9 Å². The summed E-state index contributed by atoms with van der Waals surface area (Å²) in [5.74, 6) is -0.514. The molecular weight excluding hydrogens is 247 g/mol. The highest BCUT2D eigenvalue weighted by molar-refractivity contribution is 5.94. The smallest absolute Gasteiger partial charge is 0.241 e. The predicted molar refractivity (Wildman–Crippen MR) is 71.4 cm³/mol. The summed E-state index contributed by atoms with van der Waals surface area (Å²) >= 11 is 0. The Morgan fingerprint density at radius 3 is 2.89 bits per heavy atom. The van der Waals surface area contributed by atoms with Crippen LogP contribution in [-0.2, 0) is 4.79 Å². The SMILES string of the molecule is Cc1ccc(NC(=O)C(C)N2CC[C@H](O)C2)cc1F. The molecule has 104 valence electrons. The molecule has 2 atom stereocenters. The summed E-state index contributed by atoms with van der Waals surface area (Å²) in [4.78, 5) is 14.0. The molecule has 0 spiro atoms. The van der Waals surface area contributed by atoms with Crippen molar-refractivity contribution < 1.29 is 14.3 Å². The third kappa shape index (κ3) is 3.30. The highest BCUT2D eigenvalue weighted by Crippen LogP contribution is 2.16. The lowest BCUT2D eigenvalue weighted by molar-refractivity contribution is -0.120. The number of carbonyl (C=O) groups excluding carboxylic acids is 1. The van der Waals surface area contributed by atoms with Crippen LogP contribution in [0, 0.1) is 12.7 Å². The van der Waals surface area contributed by atoms with Crippen molar-refractivity contribution in [2.24, 2.45) is 0 Å². The molecule has 0 aliphatic carbocycles. The van der Waals surface area contributed by atoms with Crippen molar-refractivity contribution in [2.75, 3.05) is 18.4 Å². The average Bonchev–Trinajstić information content (AvgIpc) is 2.79. The molecule has 1 fully saturated rings. The average molecular weight is 266 g/mol. The quantitative estimate of drug-likeness (QED) is 0.872. The van der Waals surface area contributed by atoms with E-state index in [-0.39, 0.29) is 23.9 Å². The fraction of sp³-hybridized carbons (Fsp3) is 0.500. The number of amides is 1. The Balaban J connectivity index is 1.98. The van der Waals surface area contributed by atoms with Gasteiger partial charge in [-0.05, 0) is 38.0 Å². The number of nitrogens with zero attached hydrogens (tertiary/aromatic N) is 1. The van der Waals surface area contributed by atoms with E-state index >= 15 is 0 Å². The lowest BCUT2D eigenvalue weighted by atomic mass is 10.2. The molecule has 0 radical (unpaired) electrons. The Labute approximate surface area is 112 Å². The van der Waals surface area contributed by atoms with Gasteiger partial charge >= 0.3 is 0 Å². The molecule has 1 heterocycles. The van der Waals surface area contributed by atoms with Crippen molar-refractivity contribution in [1.82, 2.24) is 4.90 Å². The van der Waals surface area contributed by atoms with Crippen LogP contribution in [0.15, 0.2) is 18.2 Å². The van der Waals surface area contributed by atoms with E-state index in [2.05, 4.69) is 5.32 Å². The summed E-state index contributed by atoms with van der Waals surface area (Å²) in [6.45, 7) is 4.68. The van der Waals surface area contributed by atoms with Crippen LogP contribution in [0.4, 0.5) is 10.1 Å². The van der Waals surface area contributed by atoms with Crippen molar-refractivity contribution >= 4 is 11.6 Å². The highest BCUT2D eigenvalue weighted by Gasteiger charge is 2.28. The van der Waals surface area contributed by atoms with E-state index in [0.29, 0.717) is 30.8 Å². The van der Waals surface area contributed by atoms with E-state index in [1.807, 2.05) is 4.90 Å². The Morgan fingerprint density at radius 1 is 1.58 bits per heavy atom. The van der Waals surface area contributed by atoms with Gasteiger partial charge in [0.25, 0.3) is 0 Å². The standard InChI is InChI=1S/C14H19FN2O2/c1-9-3-4-11(7-13(9)15)16-14(19)10(2)17-6-5-12(18)8-17/h3-4,7,10,12,18H,5-6,8H2,1-2H3,(H,16,19)/t10?,12-/m0/s1. The minimum Gasteiger partial charge on any atom is -0.392 e. The minimum absolute atomic E-state index is 0.183. The van der Waals surface area contributed by atoms with Gasteiger partial charge in [-0.3, -0.25) is 9.69 Å². The number of anilines is 1. The molecule has 1 aromatic rings. The van der Waals surface area contributed by atoms with Crippen LogP contribution < -0.4 is 5.32 Å². The second kappa shape index (κ2) is 5.67. The number of aliphatic hydroxyl groups excluding tert-OH is 1. The number of likely N-dealkylation sites (tertiary alicyclic amines) is 1. The number of rotatable bonds is 3. The number of benzene rings is 1. The van der Waals surface area contributed by atoms with E-state index in [0.717, 1.165) is 0 Å². The van der Waals surface area contributed by atoms with Crippen LogP contribution in [0.3, 0.4) is 0 Å². The summed E-state index contributed by atoms with van der Waals surface area (Å²) in [6.07, 6.45) is 0.337. The fourth-order valence-corrected chi connectivity index (χ4v) is 2.20. The lowest BCUT2D eigenvalue weighted by Gasteiger charge is -2.22. The van der Waals surface area contributed by atoms with Gasteiger partial charge in [-0.15, -0.1) is 0 Å². The molecule has 1 aliphatic rings. The van der Waals surface area contributed by atoms with Crippen molar-refractivity contribution in [3.8, 4) is 0 Å². The maximum atomic E-state index is 13.4. The van der Waals surface area contributed by atoms with Gasteiger partial charge in [0, 0.05) is 18.8 Å². The van der Waals surface area contributed by atoms with Gasteiger partial charge in [0.05, 0.1) is 12.1 Å². The van der Waals surface area contributed by atoms with E-state index < -0.39 is 0 Å². The van der Waals surface area contributed by atoms with Gasteiger partial charge in [0.1, 0.15) is 5.82 Å². The first-order valence-corrected chi connectivity index (χ1v) is 6.46. The van der Waals surface area contributed by atoms with Crippen LogP contribution in [0.2, 0.25) is 0 Å². The second-order valence-electron chi connectivity index (χ2n) is 5.07. The topological polar surface area (TPSA) is 52.6 Å². The summed E-state index contributed by atoms with van der Waals surface area (Å²) in [6, 6.07) is 4.30. The number of aliphatic hydroxyl groups is 1. The zero-order valence-corrected chi connectivity index (χ0v) is 11.2. The van der Waals surface area contributed by atoms with Gasteiger partial charge < -0.3 is 10.4 Å². The Kier molecular flexibility index (Phi) is 4.17. The molecular formula is C14H19FN2O2. The maximum Gasteiger partial charge on any atom is 0.241 e. The maximum absolute atomic E-state index is 13.4. The highest BCUT2D eigenvalue weighted by atomic mass is 19.1. The van der Waals surface area contributed by atoms with Crippen molar-refractivity contribution in [1.29, 1.82) is 0 Å². The number of aryl methyl sites for hydroxylation is 1. The lowest BCUT2D eigenvalue weighted by Crippen LogP contribution is -2.41. The molecule has 0 bridgehead atoms. The minimum atomic E-state index is -0.355. The molecule has 2 N–H and O–H groups in total. The molecule has 1 aliphatic heterocycles. The van der Waals surface area contributed by atoms with Gasteiger partial charge in [-0.2, -0.15) is 0 Å². The first kappa shape index (κ1) is 14.0. The fourth-order valence-electron chi connectivity index (χ4n) is 2.20. The van der Waals surface area contributed by atoms with Crippen molar-refractivity contribution in [2.45, 2.75) is 32.4 Å². The third-order valence-electron chi connectivity index (χ3n) is 3.56. The first-order valence-electron chi connectivity index (χ1n) is 6.46. The van der Waals surface area contributed by atoms with Crippen LogP contribution >= 0.6 is 0 Å². The molecule has 1 saturated heterocycles. The second-order valence-corrected chi connectivity index (χ2v) is 5.07. The van der Waals surface area contributed by atoms with Crippen LogP contribution in [0.25, 0.3) is 0 Å². The number of halogens is 1. The number of carbonyl (C=O) groups is 1. The largest absolute Gasteiger partial charge is 0.392 e. The predicted octanol–water partition coefficient (Wildman–Crippen LogP) is 1.53. The van der Waals surface area contributed by atoms with Gasteiger partial charge in [0.2, 0.25) is 5.91 Å². The molecule has 2 rings (SSSR count). The third-order valence-corrected chi connectivity index (χ3v) is 3.56. The summed E-state index contributed by atoms with van der Waals surface area (Å²) in [7, 11) is 0. The Morgan fingerprint density at radius 2 is 2.32 bits per heavy atom. The normalized spacial score (nSPS) is 21.4. The molecule has 19 heavy (non-hydrogen) atoms. The van der Waals surface area contributed by atoms with E-state index in [9.17, 15) is 14.3 Å². The number of nitrogens with one attached hydrogen (secondary N) is 1. The van der Waals surface area contributed by atoms with Gasteiger partial charge in [0.15, 0.2) is 0 Å². The molecule has 0 saturated carbocycles. The summed E-state index contributed by atoms with van der Waals surface area (Å²) in [5.41, 5.74) is 1.01. The summed E-state index contributed by atoms with van der Waals surface area (Å²) in [5, 5.41) is 12.2. The number of hydrogen-bond donors (Lipinski definition) is 2. The van der Waals surface area contributed by atoms with Crippen LogP contribution in [0.5, 0.6) is 0 Å². The van der Waals surface area contributed by atoms with Crippen molar-refractivity contribution in [3.05, 3.63) is 29.6 Å². The molecule has 4 nitrogen and oxygen atoms in total. The van der Waals surface area contributed by atoms with Gasteiger partial charge in [-0.25, -0.2) is 4.39 Å². The van der Waals surface area contributed by atoms with Crippen molar-refractivity contribution in [3.63, 3.8) is 0 Å². The molecule has 1 aromatic carbocycles. The van der Waals surface area contributed by atoms with E-state index in [1.165, 1.54) is 6.07 Å².